The number of ether oxygens (including phenoxy) is 1. The van der Waals surface area contributed by atoms with Crippen molar-refractivity contribution in [3.05, 3.63) is 35.4 Å². The van der Waals surface area contributed by atoms with Crippen LogP contribution in [0.4, 0.5) is 0 Å². The molecule has 0 N–H and O–H groups in total. The second-order valence-electron chi connectivity index (χ2n) is 6.43. The lowest BCUT2D eigenvalue weighted by Gasteiger charge is -2.37. The Morgan fingerprint density at radius 2 is 1.83 bits per heavy atom. The van der Waals surface area contributed by atoms with E-state index < -0.39 is 17.8 Å². The fraction of sp³-hybridized carbons (Fsp3) is 0.471. The molecule has 6 nitrogen and oxygen atoms in total. The quantitative estimate of drug-likeness (QED) is 0.800. The van der Waals surface area contributed by atoms with Gasteiger partial charge in [-0.3, -0.25) is 9.59 Å². The molecule has 23 heavy (non-hydrogen) atoms. The van der Waals surface area contributed by atoms with Crippen LogP contribution in [-0.4, -0.2) is 34.6 Å². The number of hydrogen-bond acceptors (Lipinski definition) is 5. The van der Waals surface area contributed by atoms with Crippen LogP contribution in [0.1, 0.15) is 59.2 Å². The second kappa shape index (κ2) is 5.16. The Balaban J connectivity index is 1.38. The normalized spacial score (nSPS) is 24.7. The minimum atomic E-state index is -0.610. The van der Waals surface area contributed by atoms with Gasteiger partial charge in [0.05, 0.1) is 29.3 Å². The number of hydroxylamine groups is 2. The molecule has 2 fully saturated rings. The molecular weight excluding hydrogens is 298 g/mol. The minimum absolute atomic E-state index is 0.0273. The molecule has 0 bridgehead atoms. The Labute approximate surface area is 133 Å². The van der Waals surface area contributed by atoms with Gasteiger partial charge in [-0.05, 0) is 44.2 Å². The van der Waals surface area contributed by atoms with Crippen LogP contribution in [0.25, 0.3) is 0 Å². The first-order chi connectivity index (χ1) is 11.1. The van der Waals surface area contributed by atoms with E-state index in [1.165, 1.54) is 6.42 Å². The molecule has 1 aliphatic carbocycles. The molecule has 0 radical (unpaired) electrons. The topological polar surface area (TPSA) is 72.9 Å². The van der Waals surface area contributed by atoms with Crippen molar-refractivity contribution in [1.82, 2.24) is 5.06 Å². The number of carbonyl (C=O) groups excluding carboxylic acids is 3. The van der Waals surface area contributed by atoms with Gasteiger partial charge >= 0.3 is 5.97 Å². The van der Waals surface area contributed by atoms with Gasteiger partial charge in [0, 0.05) is 0 Å². The molecule has 1 aromatic rings. The van der Waals surface area contributed by atoms with Gasteiger partial charge in [0.25, 0.3) is 11.8 Å². The van der Waals surface area contributed by atoms with Crippen LogP contribution in [0, 0.1) is 0 Å². The molecule has 2 aliphatic heterocycles. The maximum atomic E-state index is 12.1. The molecule has 2 heterocycles. The third-order valence-electron chi connectivity index (χ3n) is 4.95. The third-order valence-corrected chi connectivity index (χ3v) is 4.95. The van der Waals surface area contributed by atoms with Gasteiger partial charge in [0.15, 0.2) is 0 Å². The Kier molecular flexibility index (Phi) is 3.23. The van der Waals surface area contributed by atoms with Crippen LogP contribution < -0.4 is 0 Å². The Morgan fingerprint density at radius 3 is 2.35 bits per heavy atom. The second-order valence-corrected chi connectivity index (χ2v) is 6.43. The first kappa shape index (κ1) is 14.4. The Morgan fingerprint density at radius 1 is 1.17 bits per heavy atom. The fourth-order valence-corrected chi connectivity index (χ4v) is 3.55. The van der Waals surface area contributed by atoms with Crippen LogP contribution in [-0.2, 0) is 14.4 Å². The van der Waals surface area contributed by atoms with Gasteiger partial charge in [-0.15, -0.1) is 0 Å². The molecule has 1 atom stereocenters. The van der Waals surface area contributed by atoms with Crippen molar-refractivity contribution in [2.75, 3.05) is 0 Å². The molecule has 1 aromatic carbocycles. The smallest absolute Gasteiger partial charge is 0.335 e. The highest BCUT2D eigenvalue weighted by Crippen LogP contribution is 2.46. The Hall–Kier alpha value is -2.21. The predicted molar refractivity (Wildman–Crippen MR) is 78.3 cm³/mol. The van der Waals surface area contributed by atoms with E-state index in [4.69, 9.17) is 9.57 Å². The van der Waals surface area contributed by atoms with E-state index in [0.717, 1.165) is 25.7 Å². The van der Waals surface area contributed by atoms with Gasteiger partial charge in [0.2, 0.25) is 0 Å². The number of carbonyl (C=O) groups is 3. The fourth-order valence-electron chi connectivity index (χ4n) is 3.55. The summed E-state index contributed by atoms with van der Waals surface area (Å²) in [7, 11) is 0. The van der Waals surface area contributed by atoms with Crippen LogP contribution in [0.2, 0.25) is 0 Å². The number of hydrogen-bond donors (Lipinski definition) is 0. The maximum Gasteiger partial charge on any atom is 0.335 e. The summed E-state index contributed by atoms with van der Waals surface area (Å²) in [5, 5.41) is 0.557. The first-order valence-electron chi connectivity index (χ1n) is 7.94. The SMILES string of the molecule is O=C(CC1CCC2(CCC2)O1)ON1C(=O)c2ccccc2C1=O. The van der Waals surface area contributed by atoms with Crippen LogP contribution >= 0.6 is 0 Å². The molecule has 2 amide bonds. The van der Waals surface area contributed by atoms with E-state index in [9.17, 15) is 14.4 Å². The predicted octanol–water partition coefficient (Wildman–Crippen LogP) is 2.23. The monoisotopic (exact) mass is 315 g/mol. The number of amides is 2. The third kappa shape index (κ3) is 2.34. The van der Waals surface area contributed by atoms with Gasteiger partial charge in [0.1, 0.15) is 0 Å². The zero-order valence-corrected chi connectivity index (χ0v) is 12.6. The molecule has 1 unspecified atom stereocenters. The lowest BCUT2D eigenvalue weighted by Crippen LogP contribution is -2.37. The van der Waals surface area contributed by atoms with E-state index >= 15 is 0 Å². The summed E-state index contributed by atoms with van der Waals surface area (Å²) in [6.07, 6.45) is 4.95. The number of fused-ring (bicyclic) bond motifs is 1. The maximum absolute atomic E-state index is 12.1. The molecular formula is C17H17NO5. The molecule has 0 aromatic heterocycles. The molecule has 1 spiro atoms. The average molecular weight is 315 g/mol. The number of rotatable bonds is 3. The average Bonchev–Trinajstić information content (AvgIpc) is 3.04. The lowest BCUT2D eigenvalue weighted by molar-refractivity contribution is -0.173. The van der Waals surface area contributed by atoms with E-state index in [1.807, 2.05) is 0 Å². The van der Waals surface area contributed by atoms with Crippen molar-refractivity contribution in [3.8, 4) is 0 Å². The summed E-state index contributed by atoms with van der Waals surface area (Å²) in [5.74, 6) is -1.80. The van der Waals surface area contributed by atoms with Crippen LogP contribution in [0.3, 0.4) is 0 Å². The van der Waals surface area contributed by atoms with E-state index in [2.05, 4.69) is 0 Å². The number of nitrogens with zero attached hydrogens (tertiary/aromatic N) is 1. The zero-order valence-electron chi connectivity index (χ0n) is 12.6. The summed E-state index contributed by atoms with van der Waals surface area (Å²) < 4.78 is 5.95. The minimum Gasteiger partial charge on any atom is -0.371 e. The van der Waals surface area contributed by atoms with E-state index in [0.29, 0.717) is 5.06 Å². The van der Waals surface area contributed by atoms with Gasteiger partial charge in [-0.2, -0.15) is 0 Å². The highest BCUT2D eigenvalue weighted by molar-refractivity contribution is 6.20. The number of benzene rings is 1. The molecule has 120 valence electrons. The molecule has 4 rings (SSSR count). The van der Waals surface area contributed by atoms with Crippen molar-refractivity contribution in [2.24, 2.45) is 0 Å². The highest BCUT2D eigenvalue weighted by atomic mass is 16.7. The lowest BCUT2D eigenvalue weighted by atomic mass is 9.78. The highest BCUT2D eigenvalue weighted by Gasteiger charge is 2.46. The molecule has 6 heteroatoms. The summed E-state index contributed by atoms with van der Waals surface area (Å²) >= 11 is 0. The summed E-state index contributed by atoms with van der Waals surface area (Å²) in [5.41, 5.74) is 0.493. The van der Waals surface area contributed by atoms with Gasteiger partial charge in [-0.1, -0.05) is 17.2 Å². The van der Waals surface area contributed by atoms with Crippen LogP contribution in [0.5, 0.6) is 0 Å². The van der Waals surface area contributed by atoms with Gasteiger partial charge in [-0.25, -0.2) is 4.79 Å². The first-order valence-corrected chi connectivity index (χ1v) is 7.94. The van der Waals surface area contributed by atoms with Crippen molar-refractivity contribution < 1.29 is 24.0 Å². The van der Waals surface area contributed by atoms with Crippen molar-refractivity contribution in [3.63, 3.8) is 0 Å². The summed E-state index contributed by atoms with van der Waals surface area (Å²) in [4.78, 5) is 41.4. The zero-order chi connectivity index (χ0) is 16.0. The van der Waals surface area contributed by atoms with E-state index in [-0.39, 0.29) is 29.3 Å². The molecule has 1 saturated heterocycles. The largest absolute Gasteiger partial charge is 0.371 e. The number of imide groups is 1. The molecule has 3 aliphatic rings. The Bertz CT molecular complexity index is 659. The van der Waals surface area contributed by atoms with Crippen LogP contribution in [0.15, 0.2) is 24.3 Å². The van der Waals surface area contributed by atoms with E-state index in [1.54, 1.807) is 24.3 Å². The summed E-state index contributed by atoms with van der Waals surface area (Å²) in [6, 6.07) is 6.42. The van der Waals surface area contributed by atoms with Gasteiger partial charge < -0.3 is 9.57 Å². The van der Waals surface area contributed by atoms with Crippen molar-refractivity contribution >= 4 is 17.8 Å². The van der Waals surface area contributed by atoms with Crippen molar-refractivity contribution in [1.29, 1.82) is 0 Å². The molecule has 1 saturated carbocycles. The summed E-state index contributed by atoms with van der Waals surface area (Å²) in [6.45, 7) is 0. The standard InChI is InChI=1S/C17H17NO5/c19-14(10-11-6-9-17(22-11)7-3-8-17)23-18-15(20)12-4-1-2-5-13(12)16(18)21/h1-2,4-5,11H,3,6-10H2. The van der Waals surface area contributed by atoms with Crippen molar-refractivity contribution in [2.45, 2.75) is 50.2 Å².